The Kier molecular flexibility index (Phi) is 3.80. The average Bonchev–Trinajstić information content (AvgIpc) is 3.02. The van der Waals surface area contributed by atoms with Crippen LogP contribution in [0.3, 0.4) is 0 Å². The summed E-state index contributed by atoms with van der Waals surface area (Å²) in [4.78, 5) is 37.3. The molecule has 0 bridgehead atoms. The summed E-state index contributed by atoms with van der Waals surface area (Å²) in [6.07, 6.45) is 4.23. The van der Waals surface area contributed by atoms with Gasteiger partial charge in [0.05, 0.1) is 11.3 Å². The molecule has 21 heavy (non-hydrogen) atoms. The van der Waals surface area contributed by atoms with Gasteiger partial charge in [-0.3, -0.25) is 19.3 Å². The van der Waals surface area contributed by atoms with Gasteiger partial charge in [0.1, 0.15) is 6.54 Å². The summed E-state index contributed by atoms with van der Waals surface area (Å²) in [5, 5.41) is 2.93. The number of Topliss-reactive ketones (excluding diaryl/α,β-unsaturated/α-hetero) is 1. The lowest BCUT2D eigenvalue weighted by Crippen LogP contribution is -2.43. The molecule has 0 unspecified atom stereocenters. The second-order valence-corrected chi connectivity index (χ2v) is 6.35. The minimum atomic E-state index is -0.635. The summed E-state index contributed by atoms with van der Waals surface area (Å²) >= 11 is 3.28. The first-order chi connectivity index (χ1) is 10.1. The van der Waals surface area contributed by atoms with Gasteiger partial charge in [-0.2, -0.15) is 0 Å². The molecule has 1 aliphatic heterocycles. The van der Waals surface area contributed by atoms with Gasteiger partial charge in [-0.15, -0.1) is 0 Å². The highest BCUT2D eigenvalue weighted by Gasteiger charge is 2.37. The Hall–Kier alpha value is -1.69. The number of carbonyl (C=O) groups excluding carboxylic acids is 3. The Morgan fingerprint density at radius 3 is 2.71 bits per heavy atom. The quantitative estimate of drug-likeness (QED) is 0.848. The third kappa shape index (κ3) is 2.72. The monoisotopic (exact) mass is 350 g/mol. The van der Waals surface area contributed by atoms with Crippen LogP contribution in [0.4, 0.5) is 5.69 Å². The molecule has 1 heterocycles. The second kappa shape index (κ2) is 5.60. The Morgan fingerprint density at radius 1 is 1.29 bits per heavy atom. The highest BCUT2D eigenvalue weighted by molar-refractivity contribution is 9.10. The number of hydrogen-bond donors (Lipinski definition) is 1. The molecule has 1 saturated carbocycles. The van der Waals surface area contributed by atoms with Crippen molar-refractivity contribution in [2.75, 3.05) is 11.4 Å². The van der Waals surface area contributed by atoms with Crippen molar-refractivity contribution in [2.24, 2.45) is 0 Å². The number of benzene rings is 1. The molecule has 6 heteroatoms. The van der Waals surface area contributed by atoms with Crippen molar-refractivity contribution >= 4 is 39.2 Å². The van der Waals surface area contributed by atoms with E-state index in [1.807, 2.05) is 0 Å². The average molecular weight is 351 g/mol. The standard InChI is InChI=1S/C15H15BrN2O3/c16-9-5-6-12-11(7-9)14(20)15(21)18(12)8-13(19)17-10-3-1-2-4-10/h5-7,10H,1-4,8H2,(H,17,19). The summed E-state index contributed by atoms with van der Waals surface area (Å²) in [6, 6.07) is 5.26. The van der Waals surface area contributed by atoms with Crippen LogP contribution in [0.5, 0.6) is 0 Å². The van der Waals surface area contributed by atoms with E-state index in [2.05, 4.69) is 21.2 Å². The molecular weight excluding hydrogens is 336 g/mol. The summed E-state index contributed by atoms with van der Waals surface area (Å²) < 4.78 is 0.736. The topological polar surface area (TPSA) is 66.5 Å². The number of anilines is 1. The zero-order chi connectivity index (χ0) is 15.0. The molecule has 0 saturated heterocycles. The third-order valence-corrected chi connectivity index (χ3v) is 4.45. The van der Waals surface area contributed by atoms with Crippen LogP contribution < -0.4 is 10.2 Å². The van der Waals surface area contributed by atoms with E-state index in [0.717, 1.165) is 30.2 Å². The van der Waals surface area contributed by atoms with Crippen molar-refractivity contribution < 1.29 is 14.4 Å². The van der Waals surface area contributed by atoms with Gasteiger partial charge in [-0.1, -0.05) is 28.8 Å². The number of ketones is 1. The van der Waals surface area contributed by atoms with Crippen LogP contribution in [0.2, 0.25) is 0 Å². The smallest absolute Gasteiger partial charge is 0.299 e. The molecule has 0 spiro atoms. The molecule has 1 aromatic carbocycles. The van der Waals surface area contributed by atoms with Crippen molar-refractivity contribution in [1.29, 1.82) is 0 Å². The van der Waals surface area contributed by atoms with Crippen LogP contribution in [-0.2, 0) is 9.59 Å². The lowest BCUT2D eigenvalue weighted by Gasteiger charge is -2.18. The normalized spacial score (nSPS) is 18.2. The first-order valence-electron chi connectivity index (χ1n) is 7.01. The van der Waals surface area contributed by atoms with E-state index in [1.54, 1.807) is 18.2 Å². The maximum absolute atomic E-state index is 12.1. The highest BCUT2D eigenvalue weighted by Crippen LogP contribution is 2.31. The van der Waals surface area contributed by atoms with Gasteiger partial charge in [-0.05, 0) is 31.0 Å². The fourth-order valence-corrected chi connectivity index (χ4v) is 3.28. The Morgan fingerprint density at radius 2 is 2.00 bits per heavy atom. The van der Waals surface area contributed by atoms with Crippen LogP contribution in [0.25, 0.3) is 0 Å². The first kappa shape index (κ1) is 14.3. The first-order valence-corrected chi connectivity index (χ1v) is 7.80. The van der Waals surface area contributed by atoms with Gasteiger partial charge in [-0.25, -0.2) is 0 Å². The zero-order valence-electron chi connectivity index (χ0n) is 11.4. The van der Waals surface area contributed by atoms with Crippen molar-refractivity contribution in [2.45, 2.75) is 31.7 Å². The fraction of sp³-hybridized carbons (Fsp3) is 0.400. The van der Waals surface area contributed by atoms with Crippen LogP contribution in [0, 0.1) is 0 Å². The lowest BCUT2D eigenvalue weighted by atomic mass is 10.1. The number of carbonyl (C=O) groups is 3. The van der Waals surface area contributed by atoms with E-state index >= 15 is 0 Å². The summed E-state index contributed by atoms with van der Waals surface area (Å²) in [5.74, 6) is -1.40. The molecule has 0 radical (unpaired) electrons. The molecule has 1 aromatic rings. The zero-order valence-corrected chi connectivity index (χ0v) is 13.0. The Bertz CT molecular complexity index is 623. The second-order valence-electron chi connectivity index (χ2n) is 5.43. The number of fused-ring (bicyclic) bond motifs is 1. The molecule has 1 N–H and O–H groups in total. The summed E-state index contributed by atoms with van der Waals surface area (Å²) in [5.41, 5.74) is 0.859. The molecule has 3 rings (SSSR count). The largest absolute Gasteiger partial charge is 0.352 e. The van der Waals surface area contributed by atoms with Gasteiger partial charge < -0.3 is 5.32 Å². The van der Waals surface area contributed by atoms with E-state index in [4.69, 9.17) is 0 Å². The summed E-state index contributed by atoms with van der Waals surface area (Å²) in [7, 11) is 0. The third-order valence-electron chi connectivity index (χ3n) is 3.96. The fourth-order valence-electron chi connectivity index (χ4n) is 2.92. The van der Waals surface area contributed by atoms with E-state index in [1.165, 1.54) is 4.90 Å². The molecule has 2 amide bonds. The molecule has 2 aliphatic rings. The van der Waals surface area contributed by atoms with Gasteiger partial charge in [0, 0.05) is 10.5 Å². The van der Waals surface area contributed by atoms with Crippen LogP contribution in [0.15, 0.2) is 22.7 Å². The minimum Gasteiger partial charge on any atom is -0.352 e. The number of amides is 2. The van der Waals surface area contributed by atoms with E-state index in [9.17, 15) is 14.4 Å². The predicted molar refractivity (Wildman–Crippen MR) is 81.2 cm³/mol. The highest BCUT2D eigenvalue weighted by atomic mass is 79.9. The van der Waals surface area contributed by atoms with Crippen LogP contribution in [0.1, 0.15) is 36.0 Å². The predicted octanol–water partition coefficient (Wildman–Crippen LogP) is 2.04. The van der Waals surface area contributed by atoms with Gasteiger partial charge in [0.15, 0.2) is 0 Å². The van der Waals surface area contributed by atoms with Gasteiger partial charge in [0.25, 0.3) is 11.7 Å². The van der Waals surface area contributed by atoms with E-state index in [0.29, 0.717) is 11.3 Å². The van der Waals surface area contributed by atoms with Crippen molar-refractivity contribution in [3.63, 3.8) is 0 Å². The maximum atomic E-state index is 12.1. The molecule has 0 atom stereocenters. The summed E-state index contributed by atoms with van der Waals surface area (Å²) in [6.45, 7) is -0.101. The molecule has 0 aromatic heterocycles. The van der Waals surface area contributed by atoms with Crippen molar-refractivity contribution in [3.05, 3.63) is 28.2 Å². The molecule has 110 valence electrons. The van der Waals surface area contributed by atoms with Crippen LogP contribution >= 0.6 is 15.9 Å². The minimum absolute atomic E-state index is 0.101. The number of nitrogens with zero attached hydrogens (tertiary/aromatic N) is 1. The van der Waals surface area contributed by atoms with Gasteiger partial charge >= 0.3 is 0 Å². The number of nitrogens with one attached hydrogen (secondary N) is 1. The van der Waals surface area contributed by atoms with E-state index < -0.39 is 11.7 Å². The lowest BCUT2D eigenvalue weighted by molar-refractivity contribution is -0.122. The Labute approximate surface area is 130 Å². The molecule has 5 nitrogen and oxygen atoms in total. The Balaban J connectivity index is 1.75. The van der Waals surface area contributed by atoms with Crippen molar-refractivity contribution in [3.8, 4) is 0 Å². The SMILES string of the molecule is O=C(CN1C(=O)C(=O)c2cc(Br)ccc21)NC1CCCC1. The molecule has 1 fully saturated rings. The molecular formula is C15H15BrN2O3. The van der Waals surface area contributed by atoms with Gasteiger partial charge in [0.2, 0.25) is 5.91 Å². The number of halogens is 1. The van der Waals surface area contributed by atoms with E-state index in [-0.39, 0.29) is 18.5 Å². The molecule has 1 aliphatic carbocycles. The number of rotatable bonds is 3. The van der Waals surface area contributed by atoms with Crippen LogP contribution in [-0.4, -0.2) is 30.2 Å². The number of hydrogen-bond acceptors (Lipinski definition) is 3. The van der Waals surface area contributed by atoms with Crippen molar-refractivity contribution in [1.82, 2.24) is 5.32 Å². The maximum Gasteiger partial charge on any atom is 0.299 e.